The summed E-state index contributed by atoms with van der Waals surface area (Å²) in [5.41, 5.74) is 4.15. The normalized spacial score (nSPS) is 22.9. The highest BCUT2D eigenvalue weighted by atomic mass is 15.3. The molecule has 112 valence electrons. The molecule has 0 bridgehead atoms. The van der Waals surface area contributed by atoms with Crippen LogP contribution in [0.25, 0.3) is 0 Å². The van der Waals surface area contributed by atoms with E-state index < -0.39 is 0 Å². The highest BCUT2D eigenvalue weighted by molar-refractivity contribution is 5.32. The Kier molecular flexibility index (Phi) is 5.19. The van der Waals surface area contributed by atoms with Crippen molar-refractivity contribution in [2.75, 3.05) is 40.3 Å². The van der Waals surface area contributed by atoms with E-state index in [9.17, 15) is 0 Å². The molecule has 1 heterocycles. The summed E-state index contributed by atoms with van der Waals surface area (Å²) in [4.78, 5) is 4.90. The summed E-state index contributed by atoms with van der Waals surface area (Å²) in [5, 5.41) is 3.72. The topological polar surface area (TPSA) is 18.5 Å². The van der Waals surface area contributed by atoms with Gasteiger partial charge in [0.25, 0.3) is 0 Å². The SMILES string of the molecule is Cc1ccc(C)c(C(C)NCC2CN(C)CCN2C)c1. The van der Waals surface area contributed by atoms with Gasteiger partial charge in [0.15, 0.2) is 0 Å². The van der Waals surface area contributed by atoms with E-state index in [-0.39, 0.29) is 0 Å². The first-order valence-electron chi connectivity index (χ1n) is 7.66. The van der Waals surface area contributed by atoms with Crippen LogP contribution in [0.3, 0.4) is 0 Å². The van der Waals surface area contributed by atoms with E-state index in [0.717, 1.165) is 13.1 Å². The van der Waals surface area contributed by atoms with Crippen molar-refractivity contribution in [3.05, 3.63) is 34.9 Å². The maximum Gasteiger partial charge on any atom is 0.0345 e. The van der Waals surface area contributed by atoms with Gasteiger partial charge in [-0.2, -0.15) is 0 Å². The number of nitrogens with zero attached hydrogens (tertiary/aromatic N) is 2. The molecule has 1 aliphatic rings. The molecule has 1 fully saturated rings. The molecule has 0 radical (unpaired) electrons. The fourth-order valence-corrected chi connectivity index (χ4v) is 2.97. The molecule has 0 spiro atoms. The molecule has 0 saturated carbocycles. The molecule has 2 unspecified atom stereocenters. The van der Waals surface area contributed by atoms with Crippen molar-refractivity contribution in [1.82, 2.24) is 15.1 Å². The van der Waals surface area contributed by atoms with Gasteiger partial charge in [0.2, 0.25) is 0 Å². The van der Waals surface area contributed by atoms with Crippen LogP contribution in [-0.4, -0.2) is 56.1 Å². The van der Waals surface area contributed by atoms with Gasteiger partial charge in [-0.3, -0.25) is 4.90 Å². The molecule has 0 aromatic heterocycles. The zero-order chi connectivity index (χ0) is 14.7. The van der Waals surface area contributed by atoms with Crippen molar-refractivity contribution < 1.29 is 0 Å². The van der Waals surface area contributed by atoms with Crippen LogP contribution in [0.5, 0.6) is 0 Å². The van der Waals surface area contributed by atoms with Gasteiger partial charge < -0.3 is 10.2 Å². The zero-order valence-electron chi connectivity index (χ0n) is 13.6. The van der Waals surface area contributed by atoms with E-state index >= 15 is 0 Å². The van der Waals surface area contributed by atoms with E-state index in [4.69, 9.17) is 0 Å². The second kappa shape index (κ2) is 6.70. The first-order chi connectivity index (χ1) is 9.47. The van der Waals surface area contributed by atoms with Gasteiger partial charge in [-0.25, -0.2) is 0 Å². The molecule has 1 N–H and O–H groups in total. The van der Waals surface area contributed by atoms with Gasteiger partial charge in [0.05, 0.1) is 0 Å². The summed E-state index contributed by atoms with van der Waals surface area (Å²) < 4.78 is 0. The number of benzene rings is 1. The molecular formula is C17H29N3. The number of piperazine rings is 1. The Bertz CT molecular complexity index is 444. The zero-order valence-corrected chi connectivity index (χ0v) is 13.6. The first kappa shape index (κ1) is 15.5. The predicted octanol–water partition coefficient (Wildman–Crippen LogP) is 2.20. The Morgan fingerprint density at radius 1 is 1.25 bits per heavy atom. The average Bonchev–Trinajstić information content (AvgIpc) is 2.42. The Balaban J connectivity index is 1.94. The van der Waals surface area contributed by atoms with Crippen molar-refractivity contribution in [3.8, 4) is 0 Å². The summed E-state index contributed by atoms with van der Waals surface area (Å²) in [6.07, 6.45) is 0. The predicted molar refractivity (Wildman–Crippen MR) is 86.2 cm³/mol. The number of likely N-dealkylation sites (N-methyl/N-ethyl adjacent to an activating group) is 2. The van der Waals surface area contributed by atoms with E-state index in [1.165, 1.54) is 29.8 Å². The molecule has 0 aliphatic carbocycles. The van der Waals surface area contributed by atoms with Crippen LogP contribution in [0.1, 0.15) is 29.7 Å². The summed E-state index contributed by atoms with van der Waals surface area (Å²) in [5.74, 6) is 0. The third kappa shape index (κ3) is 3.81. The molecule has 1 aromatic rings. The van der Waals surface area contributed by atoms with Gasteiger partial charge in [-0.15, -0.1) is 0 Å². The van der Waals surface area contributed by atoms with Gasteiger partial charge in [-0.1, -0.05) is 23.8 Å². The van der Waals surface area contributed by atoms with Crippen LogP contribution < -0.4 is 5.32 Å². The number of nitrogens with one attached hydrogen (secondary N) is 1. The highest BCUT2D eigenvalue weighted by Crippen LogP contribution is 2.19. The minimum absolute atomic E-state index is 0.413. The summed E-state index contributed by atoms with van der Waals surface area (Å²) in [6, 6.07) is 7.75. The monoisotopic (exact) mass is 275 g/mol. The number of hydrogen-bond acceptors (Lipinski definition) is 3. The van der Waals surface area contributed by atoms with Crippen molar-refractivity contribution >= 4 is 0 Å². The van der Waals surface area contributed by atoms with E-state index in [1.54, 1.807) is 0 Å². The van der Waals surface area contributed by atoms with Crippen molar-refractivity contribution in [1.29, 1.82) is 0 Å². The minimum atomic E-state index is 0.413. The first-order valence-corrected chi connectivity index (χ1v) is 7.66. The average molecular weight is 275 g/mol. The third-order valence-corrected chi connectivity index (χ3v) is 4.54. The lowest BCUT2D eigenvalue weighted by Crippen LogP contribution is -2.53. The van der Waals surface area contributed by atoms with Gasteiger partial charge in [0, 0.05) is 38.3 Å². The fraction of sp³-hybridized carbons (Fsp3) is 0.647. The van der Waals surface area contributed by atoms with Crippen molar-refractivity contribution in [2.45, 2.75) is 32.9 Å². The number of aryl methyl sites for hydroxylation is 2. The molecule has 1 saturated heterocycles. The molecule has 2 rings (SSSR count). The lowest BCUT2D eigenvalue weighted by atomic mass is 9.99. The van der Waals surface area contributed by atoms with E-state index in [1.807, 2.05) is 0 Å². The third-order valence-electron chi connectivity index (χ3n) is 4.54. The van der Waals surface area contributed by atoms with Crippen LogP contribution in [0.2, 0.25) is 0 Å². The van der Waals surface area contributed by atoms with Gasteiger partial charge in [-0.05, 0) is 46.0 Å². The number of hydrogen-bond donors (Lipinski definition) is 1. The molecule has 20 heavy (non-hydrogen) atoms. The Labute approximate surface area is 124 Å². The molecule has 3 heteroatoms. The lowest BCUT2D eigenvalue weighted by molar-refractivity contribution is 0.112. The van der Waals surface area contributed by atoms with Crippen LogP contribution in [-0.2, 0) is 0 Å². The Hall–Kier alpha value is -0.900. The van der Waals surface area contributed by atoms with E-state index in [0.29, 0.717) is 12.1 Å². The van der Waals surface area contributed by atoms with Crippen LogP contribution in [0.15, 0.2) is 18.2 Å². The minimum Gasteiger partial charge on any atom is -0.309 e. The van der Waals surface area contributed by atoms with Gasteiger partial charge >= 0.3 is 0 Å². The quantitative estimate of drug-likeness (QED) is 0.909. The van der Waals surface area contributed by atoms with E-state index in [2.05, 4.69) is 68.2 Å². The fourth-order valence-electron chi connectivity index (χ4n) is 2.97. The van der Waals surface area contributed by atoms with Crippen LogP contribution >= 0.6 is 0 Å². The largest absolute Gasteiger partial charge is 0.309 e. The molecular weight excluding hydrogens is 246 g/mol. The van der Waals surface area contributed by atoms with Crippen LogP contribution in [0, 0.1) is 13.8 Å². The lowest BCUT2D eigenvalue weighted by Gasteiger charge is -2.38. The molecule has 1 aliphatic heterocycles. The molecule has 0 amide bonds. The smallest absolute Gasteiger partial charge is 0.0345 e. The van der Waals surface area contributed by atoms with Crippen LogP contribution in [0.4, 0.5) is 0 Å². The van der Waals surface area contributed by atoms with Crippen molar-refractivity contribution in [2.24, 2.45) is 0 Å². The highest BCUT2D eigenvalue weighted by Gasteiger charge is 2.22. The Morgan fingerprint density at radius 2 is 2.00 bits per heavy atom. The molecule has 2 atom stereocenters. The maximum atomic E-state index is 3.72. The summed E-state index contributed by atoms with van der Waals surface area (Å²) in [7, 11) is 4.45. The standard InChI is InChI=1S/C17H29N3/c1-13-6-7-14(2)17(10-13)15(3)18-11-16-12-19(4)8-9-20(16)5/h6-7,10,15-16,18H,8-9,11-12H2,1-5H3. The van der Waals surface area contributed by atoms with Gasteiger partial charge in [0.1, 0.15) is 0 Å². The number of rotatable bonds is 4. The molecule has 1 aromatic carbocycles. The summed E-state index contributed by atoms with van der Waals surface area (Å²) >= 11 is 0. The second-order valence-electron chi connectivity index (χ2n) is 6.39. The molecule has 3 nitrogen and oxygen atoms in total. The second-order valence-corrected chi connectivity index (χ2v) is 6.39. The summed E-state index contributed by atoms with van der Waals surface area (Å²) in [6.45, 7) is 11.2. The maximum absolute atomic E-state index is 3.72. The Morgan fingerprint density at radius 3 is 2.75 bits per heavy atom. The van der Waals surface area contributed by atoms with Crippen molar-refractivity contribution in [3.63, 3.8) is 0 Å².